The van der Waals surface area contributed by atoms with Gasteiger partial charge >= 0.3 is 0 Å². The summed E-state index contributed by atoms with van der Waals surface area (Å²) < 4.78 is 0. The van der Waals surface area contributed by atoms with Crippen LogP contribution in [0.3, 0.4) is 0 Å². The number of carbonyl (C=O) groups excluding carboxylic acids is 1. The number of likely N-dealkylation sites (tertiary alicyclic amines) is 1. The minimum atomic E-state index is 0.255. The summed E-state index contributed by atoms with van der Waals surface area (Å²) in [6.07, 6.45) is 3.32. The average Bonchev–Trinajstić information content (AvgIpc) is 2.26. The van der Waals surface area contributed by atoms with Crippen molar-refractivity contribution in [3.63, 3.8) is 0 Å². The van der Waals surface area contributed by atoms with Crippen LogP contribution in [-0.4, -0.2) is 37.0 Å². The smallest absolute Gasteiger partial charge is 0.242 e. The molecule has 2 N–H and O–H groups in total. The SMILES string of the molecule is Nc1ccc2c(c1)CCCN2CC(=O)N1CCC1. The van der Waals surface area contributed by atoms with E-state index in [1.807, 2.05) is 23.1 Å². The Morgan fingerprint density at radius 1 is 1.22 bits per heavy atom. The Bertz CT molecular complexity index is 468. The van der Waals surface area contributed by atoms with Gasteiger partial charge < -0.3 is 15.5 Å². The number of nitrogens with two attached hydrogens (primary N) is 1. The van der Waals surface area contributed by atoms with Crippen molar-refractivity contribution in [3.05, 3.63) is 23.8 Å². The van der Waals surface area contributed by atoms with Crippen LogP contribution in [0.2, 0.25) is 0 Å². The zero-order valence-electron chi connectivity index (χ0n) is 10.6. The van der Waals surface area contributed by atoms with E-state index >= 15 is 0 Å². The van der Waals surface area contributed by atoms with Crippen LogP contribution in [0.1, 0.15) is 18.4 Å². The summed E-state index contributed by atoms with van der Waals surface area (Å²) in [5.41, 5.74) is 9.08. The monoisotopic (exact) mass is 245 g/mol. The predicted octanol–water partition coefficient (Wildman–Crippen LogP) is 1.25. The minimum Gasteiger partial charge on any atom is -0.399 e. The number of hydrogen-bond donors (Lipinski definition) is 1. The number of fused-ring (bicyclic) bond motifs is 1. The van der Waals surface area contributed by atoms with Gasteiger partial charge in [-0.15, -0.1) is 0 Å². The maximum Gasteiger partial charge on any atom is 0.242 e. The Balaban J connectivity index is 1.76. The molecule has 0 bridgehead atoms. The number of anilines is 2. The van der Waals surface area contributed by atoms with Gasteiger partial charge in [-0.25, -0.2) is 0 Å². The summed E-state index contributed by atoms with van der Waals surface area (Å²) >= 11 is 0. The summed E-state index contributed by atoms with van der Waals surface area (Å²) in [6, 6.07) is 6.01. The molecule has 0 atom stereocenters. The number of benzene rings is 1. The topological polar surface area (TPSA) is 49.6 Å². The van der Waals surface area contributed by atoms with Gasteiger partial charge in [-0.1, -0.05) is 0 Å². The van der Waals surface area contributed by atoms with Gasteiger partial charge in [-0.2, -0.15) is 0 Å². The molecule has 4 nitrogen and oxygen atoms in total. The van der Waals surface area contributed by atoms with E-state index in [2.05, 4.69) is 4.90 Å². The van der Waals surface area contributed by atoms with Crippen molar-refractivity contribution in [1.29, 1.82) is 0 Å². The summed E-state index contributed by atoms with van der Waals surface area (Å²) in [5, 5.41) is 0. The molecular weight excluding hydrogens is 226 g/mol. The maximum absolute atomic E-state index is 12.0. The Labute approximate surface area is 107 Å². The molecule has 0 radical (unpaired) electrons. The molecule has 1 aromatic carbocycles. The number of carbonyl (C=O) groups is 1. The quantitative estimate of drug-likeness (QED) is 0.798. The Morgan fingerprint density at radius 2 is 2.06 bits per heavy atom. The van der Waals surface area contributed by atoms with Crippen molar-refractivity contribution in [2.24, 2.45) is 0 Å². The first-order chi connectivity index (χ1) is 8.74. The molecule has 1 fully saturated rings. The number of amides is 1. The highest BCUT2D eigenvalue weighted by atomic mass is 16.2. The number of hydrogen-bond acceptors (Lipinski definition) is 3. The van der Waals surface area contributed by atoms with Crippen LogP contribution >= 0.6 is 0 Å². The van der Waals surface area contributed by atoms with Crippen LogP contribution in [0.15, 0.2) is 18.2 Å². The lowest BCUT2D eigenvalue weighted by atomic mass is 10.0. The second kappa shape index (κ2) is 4.52. The number of nitrogens with zero attached hydrogens (tertiary/aromatic N) is 2. The van der Waals surface area contributed by atoms with Crippen LogP contribution < -0.4 is 10.6 Å². The largest absolute Gasteiger partial charge is 0.399 e. The van der Waals surface area contributed by atoms with Gasteiger partial charge in [0.1, 0.15) is 0 Å². The summed E-state index contributed by atoms with van der Waals surface area (Å²) in [4.78, 5) is 16.2. The summed E-state index contributed by atoms with van der Waals surface area (Å²) in [5.74, 6) is 0.255. The Hall–Kier alpha value is -1.71. The lowest BCUT2D eigenvalue weighted by Gasteiger charge is -2.36. The van der Waals surface area contributed by atoms with E-state index in [-0.39, 0.29) is 5.91 Å². The second-order valence-electron chi connectivity index (χ2n) is 5.15. The average molecular weight is 245 g/mol. The fourth-order valence-corrected chi connectivity index (χ4v) is 2.69. The third-order valence-corrected chi connectivity index (χ3v) is 3.85. The molecule has 2 aliphatic heterocycles. The van der Waals surface area contributed by atoms with E-state index < -0.39 is 0 Å². The first kappa shape index (κ1) is 11.4. The van der Waals surface area contributed by atoms with Gasteiger partial charge in [0.05, 0.1) is 6.54 Å². The van der Waals surface area contributed by atoms with Crippen molar-refractivity contribution in [1.82, 2.24) is 4.90 Å². The molecule has 1 aromatic rings. The number of nitrogen functional groups attached to an aromatic ring is 1. The Morgan fingerprint density at radius 3 is 2.78 bits per heavy atom. The third-order valence-electron chi connectivity index (χ3n) is 3.85. The zero-order valence-corrected chi connectivity index (χ0v) is 10.6. The molecule has 4 heteroatoms. The first-order valence-corrected chi connectivity index (χ1v) is 6.65. The molecule has 2 aliphatic rings. The molecule has 18 heavy (non-hydrogen) atoms. The van der Waals surface area contributed by atoms with E-state index in [1.54, 1.807) is 0 Å². The van der Waals surface area contributed by atoms with Crippen molar-refractivity contribution < 1.29 is 4.79 Å². The lowest BCUT2D eigenvalue weighted by molar-refractivity contribution is -0.133. The zero-order chi connectivity index (χ0) is 12.5. The van der Waals surface area contributed by atoms with Crippen LogP contribution in [0.5, 0.6) is 0 Å². The van der Waals surface area contributed by atoms with Gasteiger partial charge in [-0.05, 0) is 43.0 Å². The van der Waals surface area contributed by atoms with Gasteiger partial charge in [0.15, 0.2) is 0 Å². The third kappa shape index (κ3) is 2.03. The maximum atomic E-state index is 12.0. The van der Waals surface area contributed by atoms with Crippen molar-refractivity contribution in [3.8, 4) is 0 Å². The fourth-order valence-electron chi connectivity index (χ4n) is 2.69. The molecule has 0 aromatic heterocycles. The summed E-state index contributed by atoms with van der Waals surface area (Å²) in [6.45, 7) is 3.34. The van der Waals surface area contributed by atoms with Crippen LogP contribution in [0.4, 0.5) is 11.4 Å². The van der Waals surface area contributed by atoms with E-state index in [0.717, 1.165) is 44.6 Å². The van der Waals surface area contributed by atoms with E-state index in [0.29, 0.717) is 6.54 Å². The van der Waals surface area contributed by atoms with Crippen molar-refractivity contribution in [2.45, 2.75) is 19.3 Å². The highest BCUT2D eigenvalue weighted by Gasteiger charge is 2.24. The highest BCUT2D eigenvalue weighted by Crippen LogP contribution is 2.28. The molecule has 0 aliphatic carbocycles. The van der Waals surface area contributed by atoms with Crippen LogP contribution in [-0.2, 0) is 11.2 Å². The molecule has 3 rings (SSSR count). The lowest BCUT2D eigenvalue weighted by Crippen LogP contribution is -2.48. The van der Waals surface area contributed by atoms with Gasteiger partial charge in [0.2, 0.25) is 5.91 Å². The molecule has 96 valence electrons. The van der Waals surface area contributed by atoms with Crippen molar-refractivity contribution >= 4 is 17.3 Å². The van der Waals surface area contributed by atoms with Crippen LogP contribution in [0, 0.1) is 0 Å². The fraction of sp³-hybridized carbons (Fsp3) is 0.500. The summed E-state index contributed by atoms with van der Waals surface area (Å²) in [7, 11) is 0. The molecule has 0 spiro atoms. The van der Waals surface area contributed by atoms with Gasteiger partial charge in [-0.3, -0.25) is 4.79 Å². The number of aryl methyl sites for hydroxylation is 1. The highest BCUT2D eigenvalue weighted by molar-refractivity contribution is 5.82. The standard InChI is InChI=1S/C14H19N3O/c15-12-4-5-13-11(9-12)3-1-6-17(13)10-14(18)16-7-2-8-16/h4-5,9H,1-3,6-8,10,15H2. The number of rotatable bonds is 2. The molecule has 1 amide bonds. The van der Waals surface area contributed by atoms with E-state index in [4.69, 9.17) is 5.73 Å². The Kier molecular flexibility index (Phi) is 2.86. The van der Waals surface area contributed by atoms with Gasteiger partial charge in [0, 0.05) is 31.0 Å². The molecular formula is C14H19N3O. The van der Waals surface area contributed by atoms with Gasteiger partial charge in [0.25, 0.3) is 0 Å². The molecule has 1 saturated heterocycles. The molecule has 0 unspecified atom stereocenters. The first-order valence-electron chi connectivity index (χ1n) is 6.65. The van der Waals surface area contributed by atoms with E-state index in [1.165, 1.54) is 11.3 Å². The van der Waals surface area contributed by atoms with Crippen LogP contribution in [0.25, 0.3) is 0 Å². The second-order valence-corrected chi connectivity index (χ2v) is 5.15. The predicted molar refractivity (Wildman–Crippen MR) is 72.6 cm³/mol. The van der Waals surface area contributed by atoms with Crippen molar-refractivity contribution in [2.75, 3.05) is 36.8 Å². The van der Waals surface area contributed by atoms with E-state index in [9.17, 15) is 4.79 Å². The molecule has 0 saturated carbocycles. The molecule has 2 heterocycles. The normalized spacial score (nSPS) is 18.2. The minimum absolute atomic E-state index is 0.255.